The summed E-state index contributed by atoms with van der Waals surface area (Å²) in [4.78, 5) is 37.6. The molecule has 1 aliphatic rings. The number of non-ortho nitro benzene ring substituents is 1. The van der Waals surface area contributed by atoms with Gasteiger partial charge in [0.05, 0.1) is 4.92 Å². The Morgan fingerprint density at radius 2 is 1.76 bits per heavy atom. The average molecular weight is 461 g/mol. The molecular weight excluding hydrogens is 441 g/mol. The van der Waals surface area contributed by atoms with Gasteiger partial charge in [-0.25, -0.2) is 9.87 Å². The molecule has 0 fully saturated rings. The van der Waals surface area contributed by atoms with Crippen LogP contribution >= 0.6 is 0 Å². The van der Waals surface area contributed by atoms with Crippen LogP contribution in [0, 0.1) is 15.9 Å². The Labute approximate surface area is 194 Å². The highest BCUT2D eigenvalue weighted by molar-refractivity contribution is 6.24. The number of hydroxylamine groups is 1. The maximum atomic E-state index is 13.6. The van der Waals surface area contributed by atoms with Gasteiger partial charge >= 0.3 is 0 Å². The molecule has 0 atom stereocenters. The number of benzene rings is 3. The lowest BCUT2D eigenvalue weighted by Crippen LogP contribution is -2.36. The SMILES string of the molecule is O=C(NO)c1ccc2c(c1)CN(C(=O)C(=Cc1cccc([N+](=O)[O-])c1)c1ccc(F)cc1)CC2. The molecule has 3 aromatic carbocycles. The zero-order valence-electron chi connectivity index (χ0n) is 17.9. The van der Waals surface area contributed by atoms with Crippen molar-refractivity contribution in [3.8, 4) is 0 Å². The third kappa shape index (κ3) is 4.84. The molecule has 1 heterocycles. The van der Waals surface area contributed by atoms with Crippen LogP contribution in [-0.4, -0.2) is 33.4 Å². The molecule has 0 aromatic heterocycles. The highest BCUT2D eigenvalue weighted by Gasteiger charge is 2.25. The molecule has 0 radical (unpaired) electrons. The Hall–Kier alpha value is -4.37. The van der Waals surface area contributed by atoms with Gasteiger partial charge in [-0.2, -0.15) is 0 Å². The number of amides is 2. The minimum absolute atomic E-state index is 0.110. The number of nitro groups is 1. The first-order valence-corrected chi connectivity index (χ1v) is 10.4. The minimum Gasteiger partial charge on any atom is -0.334 e. The Balaban J connectivity index is 1.70. The fourth-order valence-electron chi connectivity index (χ4n) is 3.90. The average Bonchev–Trinajstić information content (AvgIpc) is 2.86. The van der Waals surface area contributed by atoms with Crippen molar-refractivity contribution < 1.29 is 24.1 Å². The molecule has 172 valence electrons. The summed E-state index contributed by atoms with van der Waals surface area (Å²) in [6.45, 7) is 0.652. The Kier molecular flexibility index (Phi) is 6.46. The Morgan fingerprint density at radius 1 is 1.03 bits per heavy atom. The summed E-state index contributed by atoms with van der Waals surface area (Å²) >= 11 is 0. The van der Waals surface area contributed by atoms with Crippen molar-refractivity contribution in [2.45, 2.75) is 13.0 Å². The summed E-state index contributed by atoms with van der Waals surface area (Å²) in [6, 6.07) is 16.4. The highest BCUT2D eigenvalue weighted by atomic mass is 19.1. The summed E-state index contributed by atoms with van der Waals surface area (Å²) in [7, 11) is 0. The fraction of sp³-hybridized carbons (Fsp3) is 0.120. The van der Waals surface area contributed by atoms with E-state index in [0.29, 0.717) is 24.1 Å². The largest absolute Gasteiger partial charge is 0.334 e. The van der Waals surface area contributed by atoms with Gasteiger partial charge in [-0.3, -0.25) is 24.9 Å². The highest BCUT2D eigenvalue weighted by Crippen LogP contribution is 2.27. The van der Waals surface area contributed by atoms with E-state index in [1.165, 1.54) is 42.5 Å². The van der Waals surface area contributed by atoms with E-state index >= 15 is 0 Å². The van der Waals surface area contributed by atoms with E-state index in [1.54, 1.807) is 40.7 Å². The summed E-state index contributed by atoms with van der Waals surface area (Å²) in [5.41, 5.74) is 4.70. The molecule has 34 heavy (non-hydrogen) atoms. The number of halogens is 1. The molecule has 0 bridgehead atoms. The summed E-state index contributed by atoms with van der Waals surface area (Å²) < 4.78 is 13.5. The molecule has 0 spiro atoms. The van der Waals surface area contributed by atoms with Gasteiger partial charge < -0.3 is 4.90 Å². The van der Waals surface area contributed by atoms with Gasteiger partial charge in [0.1, 0.15) is 5.82 Å². The molecule has 0 unspecified atom stereocenters. The third-order valence-corrected chi connectivity index (χ3v) is 5.65. The molecule has 2 N–H and O–H groups in total. The van der Waals surface area contributed by atoms with Crippen molar-refractivity contribution >= 4 is 29.2 Å². The summed E-state index contributed by atoms with van der Waals surface area (Å²) in [5, 5.41) is 20.1. The van der Waals surface area contributed by atoms with Gasteiger partial charge in [-0.05, 0) is 59.0 Å². The first kappa shape index (κ1) is 22.8. The van der Waals surface area contributed by atoms with Crippen LogP contribution < -0.4 is 5.48 Å². The molecule has 9 heteroatoms. The summed E-state index contributed by atoms with van der Waals surface area (Å²) in [6.07, 6.45) is 2.11. The number of carbonyl (C=O) groups is 2. The van der Waals surface area contributed by atoms with Crippen LogP contribution in [0.5, 0.6) is 0 Å². The van der Waals surface area contributed by atoms with Crippen LogP contribution in [0.2, 0.25) is 0 Å². The summed E-state index contributed by atoms with van der Waals surface area (Å²) in [5.74, 6) is -1.43. The number of hydrogen-bond acceptors (Lipinski definition) is 5. The molecule has 4 rings (SSSR count). The van der Waals surface area contributed by atoms with Gasteiger partial charge in [-0.15, -0.1) is 0 Å². The van der Waals surface area contributed by atoms with Gasteiger partial charge in [0.2, 0.25) is 0 Å². The van der Waals surface area contributed by atoms with Crippen LogP contribution in [0.4, 0.5) is 10.1 Å². The Bertz CT molecular complexity index is 1300. The number of hydrogen-bond donors (Lipinski definition) is 2. The zero-order chi connectivity index (χ0) is 24.2. The van der Waals surface area contributed by atoms with Gasteiger partial charge in [0.25, 0.3) is 17.5 Å². The zero-order valence-corrected chi connectivity index (χ0v) is 17.9. The second-order valence-corrected chi connectivity index (χ2v) is 7.82. The van der Waals surface area contributed by atoms with Crippen molar-refractivity contribution in [3.63, 3.8) is 0 Å². The molecule has 0 aliphatic carbocycles. The second kappa shape index (κ2) is 9.63. The second-order valence-electron chi connectivity index (χ2n) is 7.82. The normalized spacial score (nSPS) is 13.2. The molecule has 3 aromatic rings. The topological polar surface area (TPSA) is 113 Å². The van der Waals surface area contributed by atoms with Crippen molar-refractivity contribution in [1.29, 1.82) is 0 Å². The van der Waals surface area contributed by atoms with E-state index in [1.807, 2.05) is 0 Å². The monoisotopic (exact) mass is 461 g/mol. The van der Waals surface area contributed by atoms with E-state index in [9.17, 15) is 24.1 Å². The lowest BCUT2D eigenvalue weighted by Gasteiger charge is -2.30. The van der Waals surface area contributed by atoms with Crippen molar-refractivity contribution in [2.75, 3.05) is 6.54 Å². The van der Waals surface area contributed by atoms with E-state index in [4.69, 9.17) is 5.21 Å². The first-order valence-electron chi connectivity index (χ1n) is 10.4. The van der Waals surface area contributed by atoms with E-state index in [-0.39, 0.29) is 29.3 Å². The van der Waals surface area contributed by atoms with Crippen molar-refractivity contribution in [1.82, 2.24) is 10.4 Å². The minimum atomic E-state index is -0.649. The predicted octanol–water partition coefficient (Wildman–Crippen LogP) is 3.98. The first-order chi connectivity index (χ1) is 16.4. The number of nitrogens with one attached hydrogen (secondary N) is 1. The van der Waals surface area contributed by atoms with Crippen LogP contribution in [0.25, 0.3) is 11.6 Å². The fourth-order valence-corrected chi connectivity index (χ4v) is 3.90. The number of nitro benzene ring substituents is 1. The van der Waals surface area contributed by atoms with Crippen LogP contribution in [0.15, 0.2) is 66.7 Å². The standard InChI is InChI=1S/C25H20FN3O5/c26-21-8-6-18(7-9-21)23(13-16-2-1-3-22(12-16)29(33)34)25(31)28-11-10-17-4-5-19(24(30)27-32)14-20(17)15-28/h1-9,12-14,32H,10-11,15H2,(H,27,30). The molecule has 1 aliphatic heterocycles. The lowest BCUT2D eigenvalue weighted by molar-refractivity contribution is -0.384. The van der Waals surface area contributed by atoms with Crippen LogP contribution in [0.1, 0.15) is 32.6 Å². The number of rotatable bonds is 5. The molecular formula is C25H20FN3O5. The Morgan fingerprint density at radius 3 is 2.47 bits per heavy atom. The molecule has 0 saturated carbocycles. The predicted molar refractivity (Wildman–Crippen MR) is 122 cm³/mol. The smallest absolute Gasteiger partial charge is 0.274 e. The van der Waals surface area contributed by atoms with E-state index in [0.717, 1.165) is 11.1 Å². The van der Waals surface area contributed by atoms with Crippen molar-refractivity contribution in [2.24, 2.45) is 0 Å². The lowest BCUT2D eigenvalue weighted by atomic mass is 9.95. The van der Waals surface area contributed by atoms with Crippen LogP contribution in [0.3, 0.4) is 0 Å². The van der Waals surface area contributed by atoms with E-state index < -0.39 is 16.6 Å². The maximum absolute atomic E-state index is 13.6. The van der Waals surface area contributed by atoms with Gasteiger partial charge in [-0.1, -0.05) is 30.3 Å². The number of fused-ring (bicyclic) bond motifs is 1. The third-order valence-electron chi connectivity index (χ3n) is 5.65. The molecule has 2 amide bonds. The molecule has 8 nitrogen and oxygen atoms in total. The van der Waals surface area contributed by atoms with Gasteiger partial charge in [0.15, 0.2) is 0 Å². The maximum Gasteiger partial charge on any atom is 0.274 e. The van der Waals surface area contributed by atoms with E-state index in [2.05, 4.69) is 0 Å². The quantitative estimate of drug-likeness (QED) is 0.196. The van der Waals surface area contributed by atoms with Crippen LogP contribution in [-0.2, 0) is 17.8 Å². The number of carbonyl (C=O) groups excluding carboxylic acids is 2. The van der Waals surface area contributed by atoms with Gasteiger partial charge in [0, 0.05) is 36.4 Å². The van der Waals surface area contributed by atoms with Crippen molar-refractivity contribution in [3.05, 3.63) is 110 Å². The number of nitrogens with zero attached hydrogens (tertiary/aromatic N) is 2. The molecule has 0 saturated heterocycles.